The predicted octanol–water partition coefficient (Wildman–Crippen LogP) is 2.57. The summed E-state index contributed by atoms with van der Waals surface area (Å²) in [5.41, 5.74) is 1.04. The van der Waals surface area contributed by atoms with Crippen molar-refractivity contribution in [3.05, 3.63) is 29.8 Å². The number of likely N-dealkylation sites (tertiary alicyclic amines) is 1. The summed E-state index contributed by atoms with van der Waals surface area (Å²) in [5, 5.41) is 3.19. The van der Waals surface area contributed by atoms with E-state index in [-0.39, 0.29) is 12.5 Å². The maximum absolute atomic E-state index is 12.4. The van der Waals surface area contributed by atoms with Gasteiger partial charge in [-0.1, -0.05) is 18.2 Å². The van der Waals surface area contributed by atoms with Crippen LogP contribution in [0, 0.1) is 5.92 Å². The second-order valence-corrected chi connectivity index (χ2v) is 6.10. The highest BCUT2D eigenvalue weighted by Crippen LogP contribution is 2.28. The highest BCUT2D eigenvalue weighted by atomic mass is 16.5. The maximum Gasteiger partial charge on any atom is 0.260 e. The first-order valence-electron chi connectivity index (χ1n) is 8.53. The van der Waals surface area contributed by atoms with Gasteiger partial charge in [0.15, 0.2) is 18.1 Å². The van der Waals surface area contributed by atoms with Crippen LogP contribution in [0.1, 0.15) is 25.3 Å². The number of nitrogens with zero attached hydrogens (tertiary/aromatic N) is 1. The molecule has 0 radical (unpaired) electrons. The van der Waals surface area contributed by atoms with Crippen LogP contribution in [0.25, 0.3) is 6.08 Å². The van der Waals surface area contributed by atoms with Crippen LogP contribution in [0.4, 0.5) is 0 Å². The number of methoxy groups -OCH3 is 1. The van der Waals surface area contributed by atoms with E-state index in [2.05, 4.69) is 5.32 Å². The third kappa shape index (κ3) is 4.99. The topological polar surface area (TPSA) is 50.8 Å². The Hall–Kier alpha value is -2.01. The molecule has 1 aromatic carbocycles. The zero-order valence-corrected chi connectivity index (χ0v) is 14.9. The molecule has 1 amide bonds. The van der Waals surface area contributed by atoms with Crippen LogP contribution in [-0.4, -0.2) is 51.2 Å². The molecule has 0 aliphatic carbocycles. The summed E-state index contributed by atoms with van der Waals surface area (Å²) in [4.78, 5) is 14.3. The minimum atomic E-state index is 0.0374. The molecule has 1 aromatic rings. The van der Waals surface area contributed by atoms with Crippen molar-refractivity contribution in [1.29, 1.82) is 0 Å². The van der Waals surface area contributed by atoms with Gasteiger partial charge in [0.25, 0.3) is 5.91 Å². The van der Waals surface area contributed by atoms with E-state index in [4.69, 9.17) is 9.47 Å². The Morgan fingerprint density at radius 2 is 2.25 bits per heavy atom. The van der Waals surface area contributed by atoms with Crippen molar-refractivity contribution in [2.75, 3.05) is 40.4 Å². The van der Waals surface area contributed by atoms with Crippen molar-refractivity contribution in [3.8, 4) is 11.5 Å². The van der Waals surface area contributed by atoms with Crippen molar-refractivity contribution in [2.24, 2.45) is 5.92 Å². The third-order valence-electron chi connectivity index (χ3n) is 4.26. The van der Waals surface area contributed by atoms with Gasteiger partial charge in [0.05, 0.1) is 7.11 Å². The molecule has 0 aromatic heterocycles. The van der Waals surface area contributed by atoms with E-state index >= 15 is 0 Å². The van der Waals surface area contributed by atoms with Gasteiger partial charge in [-0.2, -0.15) is 0 Å². The number of carbonyl (C=O) groups is 1. The molecule has 1 N–H and O–H groups in total. The molecule has 1 fully saturated rings. The zero-order valence-electron chi connectivity index (χ0n) is 14.9. The molecule has 0 bridgehead atoms. The van der Waals surface area contributed by atoms with Crippen LogP contribution in [0.2, 0.25) is 0 Å². The van der Waals surface area contributed by atoms with Crippen LogP contribution in [0.5, 0.6) is 11.5 Å². The van der Waals surface area contributed by atoms with Gasteiger partial charge >= 0.3 is 0 Å². The SMILES string of the molecule is C/C=C/c1ccc(OCC(=O)N2CCCC(CNC)C2)c(OC)c1. The quantitative estimate of drug-likeness (QED) is 0.834. The molecular weight excluding hydrogens is 304 g/mol. The predicted molar refractivity (Wildman–Crippen MR) is 96.4 cm³/mol. The van der Waals surface area contributed by atoms with Gasteiger partial charge in [-0.05, 0) is 57.0 Å². The molecule has 1 aliphatic rings. The number of hydrogen-bond donors (Lipinski definition) is 1. The highest BCUT2D eigenvalue weighted by Gasteiger charge is 2.23. The van der Waals surface area contributed by atoms with Gasteiger partial charge in [0, 0.05) is 13.1 Å². The molecule has 1 heterocycles. The van der Waals surface area contributed by atoms with Crippen molar-refractivity contribution >= 4 is 12.0 Å². The summed E-state index contributed by atoms with van der Waals surface area (Å²) in [6.07, 6.45) is 6.19. The zero-order chi connectivity index (χ0) is 17.4. The Morgan fingerprint density at radius 1 is 1.42 bits per heavy atom. The monoisotopic (exact) mass is 332 g/mol. The van der Waals surface area contributed by atoms with E-state index < -0.39 is 0 Å². The largest absolute Gasteiger partial charge is 0.493 e. The average Bonchev–Trinajstić information content (AvgIpc) is 2.61. The number of hydrogen-bond acceptors (Lipinski definition) is 4. The smallest absolute Gasteiger partial charge is 0.260 e. The standard InChI is InChI=1S/C19H28N2O3/c1-4-6-15-8-9-17(18(11-15)23-3)24-14-19(22)21-10-5-7-16(13-21)12-20-2/h4,6,8-9,11,16,20H,5,7,10,12-14H2,1-3H3/b6-4+. The Bertz CT molecular complexity index is 570. The third-order valence-corrected chi connectivity index (χ3v) is 4.26. The average molecular weight is 332 g/mol. The van der Waals surface area contributed by atoms with E-state index in [9.17, 15) is 4.79 Å². The van der Waals surface area contributed by atoms with Crippen molar-refractivity contribution < 1.29 is 14.3 Å². The number of carbonyl (C=O) groups excluding carboxylic acids is 1. The summed E-state index contributed by atoms with van der Waals surface area (Å²) in [6.45, 7) is 4.59. The highest BCUT2D eigenvalue weighted by molar-refractivity contribution is 5.78. The normalized spacial score (nSPS) is 18.0. The number of amides is 1. The lowest BCUT2D eigenvalue weighted by Gasteiger charge is -2.32. The molecular formula is C19H28N2O3. The van der Waals surface area contributed by atoms with Crippen molar-refractivity contribution in [3.63, 3.8) is 0 Å². The van der Waals surface area contributed by atoms with Gasteiger partial charge in [-0.25, -0.2) is 0 Å². The van der Waals surface area contributed by atoms with Crippen LogP contribution in [0.3, 0.4) is 0 Å². The number of allylic oxidation sites excluding steroid dienone is 1. The molecule has 5 heteroatoms. The van der Waals surface area contributed by atoms with Gasteiger partial charge in [0.2, 0.25) is 0 Å². The van der Waals surface area contributed by atoms with Gasteiger partial charge in [-0.15, -0.1) is 0 Å². The van der Waals surface area contributed by atoms with Crippen LogP contribution in [0.15, 0.2) is 24.3 Å². The molecule has 1 saturated heterocycles. The molecule has 1 unspecified atom stereocenters. The molecule has 1 aliphatic heterocycles. The Kier molecular flexibility index (Phi) is 7.12. The summed E-state index contributed by atoms with van der Waals surface area (Å²) in [6, 6.07) is 5.71. The fourth-order valence-electron chi connectivity index (χ4n) is 3.08. The molecule has 2 rings (SSSR count). The molecule has 5 nitrogen and oxygen atoms in total. The van der Waals surface area contributed by atoms with E-state index in [0.717, 1.165) is 31.6 Å². The first-order chi connectivity index (χ1) is 11.7. The van der Waals surface area contributed by atoms with E-state index in [1.807, 2.05) is 49.2 Å². The summed E-state index contributed by atoms with van der Waals surface area (Å²) < 4.78 is 11.1. The minimum Gasteiger partial charge on any atom is -0.493 e. The van der Waals surface area contributed by atoms with Crippen LogP contribution in [-0.2, 0) is 4.79 Å². The summed E-state index contributed by atoms with van der Waals surface area (Å²) >= 11 is 0. The maximum atomic E-state index is 12.4. The second kappa shape index (κ2) is 9.33. The van der Waals surface area contributed by atoms with Crippen LogP contribution < -0.4 is 14.8 Å². The molecule has 24 heavy (non-hydrogen) atoms. The number of ether oxygens (including phenoxy) is 2. The molecule has 0 saturated carbocycles. The van der Waals surface area contributed by atoms with E-state index in [1.54, 1.807) is 7.11 Å². The number of nitrogens with one attached hydrogen (secondary N) is 1. The van der Waals surface area contributed by atoms with Gasteiger partial charge in [0.1, 0.15) is 0 Å². The summed E-state index contributed by atoms with van der Waals surface area (Å²) in [7, 11) is 3.56. The van der Waals surface area contributed by atoms with Crippen molar-refractivity contribution in [2.45, 2.75) is 19.8 Å². The van der Waals surface area contributed by atoms with Gasteiger partial charge in [-0.3, -0.25) is 4.79 Å². The van der Waals surface area contributed by atoms with E-state index in [1.165, 1.54) is 6.42 Å². The molecule has 0 spiro atoms. The molecule has 1 atom stereocenters. The first-order valence-corrected chi connectivity index (χ1v) is 8.53. The lowest BCUT2D eigenvalue weighted by molar-refractivity contribution is -0.135. The first kappa shape index (κ1) is 18.3. The van der Waals surface area contributed by atoms with E-state index in [0.29, 0.717) is 17.4 Å². The fraction of sp³-hybridized carbons (Fsp3) is 0.526. The lowest BCUT2D eigenvalue weighted by Crippen LogP contribution is -2.44. The Labute approximate surface area is 144 Å². The number of benzene rings is 1. The second-order valence-electron chi connectivity index (χ2n) is 6.10. The molecule has 132 valence electrons. The lowest BCUT2D eigenvalue weighted by atomic mass is 9.98. The van der Waals surface area contributed by atoms with Gasteiger partial charge < -0.3 is 19.7 Å². The number of rotatable bonds is 7. The number of piperidine rings is 1. The Balaban J connectivity index is 1.93. The van der Waals surface area contributed by atoms with Crippen molar-refractivity contribution in [1.82, 2.24) is 10.2 Å². The fourth-order valence-corrected chi connectivity index (χ4v) is 3.08. The summed E-state index contributed by atoms with van der Waals surface area (Å²) in [5.74, 6) is 1.81. The minimum absolute atomic E-state index is 0.0374. The van der Waals surface area contributed by atoms with Crippen LogP contribution >= 0.6 is 0 Å². The Morgan fingerprint density at radius 3 is 2.96 bits per heavy atom.